The summed E-state index contributed by atoms with van der Waals surface area (Å²) in [5.41, 5.74) is 1.58. The van der Waals surface area contributed by atoms with Crippen LogP contribution in [0.3, 0.4) is 0 Å². The highest BCUT2D eigenvalue weighted by molar-refractivity contribution is 5.98. The second-order valence-corrected chi connectivity index (χ2v) is 4.41. The Balaban J connectivity index is 2.24. The van der Waals surface area contributed by atoms with Gasteiger partial charge in [-0.05, 0) is 19.1 Å². The molecular weight excluding hydrogens is 244 g/mol. The molecule has 0 aliphatic heterocycles. The van der Waals surface area contributed by atoms with Gasteiger partial charge in [-0.2, -0.15) is 0 Å². The largest absolute Gasteiger partial charge is 0.476 e. The van der Waals surface area contributed by atoms with Gasteiger partial charge in [0.2, 0.25) is 5.88 Å². The van der Waals surface area contributed by atoms with Crippen LogP contribution < -0.4 is 4.74 Å². The van der Waals surface area contributed by atoms with E-state index in [2.05, 4.69) is 5.10 Å². The summed E-state index contributed by atoms with van der Waals surface area (Å²) in [5, 5.41) is 5.25. The smallest absolute Gasteiger partial charge is 0.240 e. The Kier molecular flexibility index (Phi) is 4.16. The lowest BCUT2D eigenvalue weighted by molar-refractivity contribution is 0.101. The highest BCUT2D eigenvalue weighted by atomic mass is 16.5. The van der Waals surface area contributed by atoms with Gasteiger partial charge in [0.15, 0.2) is 5.78 Å². The van der Waals surface area contributed by atoms with Crippen molar-refractivity contribution >= 4 is 16.7 Å². The first kappa shape index (κ1) is 13.5. The predicted octanol–water partition coefficient (Wildman–Crippen LogP) is 2.19. The molecule has 0 fully saturated rings. The van der Waals surface area contributed by atoms with Gasteiger partial charge >= 0.3 is 0 Å². The summed E-state index contributed by atoms with van der Waals surface area (Å²) in [4.78, 5) is 11.4. The molecule has 102 valence electrons. The van der Waals surface area contributed by atoms with Crippen LogP contribution in [-0.2, 0) is 11.8 Å². The van der Waals surface area contributed by atoms with Gasteiger partial charge in [-0.3, -0.25) is 9.48 Å². The summed E-state index contributed by atoms with van der Waals surface area (Å²) >= 11 is 0. The minimum absolute atomic E-state index is 0.0469. The number of nitrogens with zero attached hydrogens (tertiary/aromatic N) is 2. The number of benzene rings is 1. The van der Waals surface area contributed by atoms with Gasteiger partial charge in [-0.25, -0.2) is 0 Å². The van der Waals surface area contributed by atoms with Crippen molar-refractivity contribution in [3.8, 4) is 5.88 Å². The molecule has 2 aromatic rings. The molecule has 0 radical (unpaired) electrons. The quantitative estimate of drug-likeness (QED) is 0.591. The van der Waals surface area contributed by atoms with Crippen molar-refractivity contribution in [3.05, 3.63) is 23.8 Å². The summed E-state index contributed by atoms with van der Waals surface area (Å²) in [6.07, 6.45) is 0.820. The van der Waals surface area contributed by atoms with Crippen LogP contribution in [0.2, 0.25) is 0 Å². The van der Waals surface area contributed by atoms with Crippen molar-refractivity contribution in [3.63, 3.8) is 0 Å². The molecule has 0 bridgehead atoms. The molecule has 0 N–H and O–H groups in total. The molecule has 0 atom stereocenters. The van der Waals surface area contributed by atoms with E-state index in [0.29, 0.717) is 24.7 Å². The van der Waals surface area contributed by atoms with Crippen molar-refractivity contribution in [2.75, 3.05) is 20.3 Å². The number of methoxy groups -OCH3 is 1. The van der Waals surface area contributed by atoms with Crippen LogP contribution in [0.1, 0.15) is 23.7 Å². The minimum Gasteiger partial charge on any atom is -0.476 e. The number of hydrogen-bond acceptors (Lipinski definition) is 4. The summed E-state index contributed by atoms with van der Waals surface area (Å²) < 4.78 is 12.3. The van der Waals surface area contributed by atoms with Crippen LogP contribution in [0, 0.1) is 0 Å². The van der Waals surface area contributed by atoms with Crippen molar-refractivity contribution in [2.24, 2.45) is 7.05 Å². The van der Waals surface area contributed by atoms with E-state index in [9.17, 15) is 4.79 Å². The van der Waals surface area contributed by atoms with E-state index in [0.717, 1.165) is 17.3 Å². The Morgan fingerprint density at radius 3 is 2.84 bits per heavy atom. The Bertz CT molecular complexity index is 590. The summed E-state index contributed by atoms with van der Waals surface area (Å²) in [6, 6.07) is 5.52. The Morgan fingerprint density at radius 2 is 2.16 bits per heavy atom. The SMILES string of the molecule is COCCCOc1nn(C)c2cc(C(C)=O)ccc12. The van der Waals surface area contributed by atoms with Crippen LogP contribution in [0.4, 0.5) is 0 Å². The third-order valence-corrected chi connectivity index (χ3v) is 2.96. The average Bonchev–Trinajstić information content (AvgIpc) is 2.71. The lowest BCUT2D eigenvalue weighted by Gasteiger charge is -2.02. The zero-order valence-electron chi connectivity index (χ0n) is 11.5. The normalized spacial score (nSPS) is 10.9. The average molecular weight is 262 g/mol. The molecule has 1 aromatic carbocycles. The maximum absolute atomic E-state index is 11.4. The predicted molar refractivity (Wildman–Crippen MR) is 72.7 cm³/mol. The van der Waals surface area contributed by atoms with Crippen LogP contribution >= 0.6 is 0 Å². The van der Waals surface area contributed by atoms with E-state index < -0.39 is 0 Å². The Labute approximate surface area is 112 Å². The molecule has 0 aliphatic carbocycles. The van der Waals surface area contributed by atoms with Crippen LogP contribution in [0.15, 0.2) is 18.2 Å². The molecule has 1 heterocycles. The van der Waals surface area contributed by atoms with Crippen molar-refractivity contribution in [1.82, 2.24) is 9.78 Å². The monoisotopic (exact) mass is 262 g/mol. The summed E-state index contributed by atoms with van der Waals surface area (Å²) in [6.45, 7) is 2.79. The third-order valence-electron chi connectivity index (χ3n) is 2.96. The van der Waals surface area contributed by atoms with Gasteiger partial charge in [0.25, 0.3) is 0 Å². The lowest BCUT2D eigenvalue weighted by Crippen LogP contribution is -2.02. The number of rotatable bonds is 6. The maximum atomic E-state index is 11.4. The number of Topliss-reactive ketones (excluding diaryl/α,β-unsaturated/α-hetero) is 1. The standard InChI is InChI=1S/C14H18N2O3/c1-10(17)11-5-6-12-13(9-11)16(2)15-14(12)19-8-4-7-18-3/h5-6,9H,4,7-8H2,1-3H3. The lowest BCUT2D eigenvalue weighted by atomic mass is 10.1. The molecule has 0 saturated heterocycles. The van der Waals surface area contributed by atoms with Gasteiger partial charge in [0.1, 0.15) is 0 Å². The first-order chi connectivity index (χ1) is 9.13. The number of aromatic nitrogens is 2. The zero-order chi connectivity index (χ0) is 13.8. The van der Waals surface area contributed by atoms with E-state index in [1.54, 1.807) is 24.8 Å². The second-order valence-electron chi connectivity index (χ2n) is 4.41. The molecule has 5 heteroatoms. The Morgan fingerprint density at radius 1 is 1.37 bits per heavy atom. The van der Waals surface area contributed by atoms with Crippen LogP contribution in [0.25, 0.3) is 10.9 Å². The second kappa shape index (κ2) is 5.84. The third kappa shape index (κ3) is 2.93. The first-order valence-corrected chi connectivity index (χ1v) is 6.23. The molecule has 1 aromatic heterocycles. The summed E-state index contributed by atoms with van der Waals surface area (Å²) in [5.74, 6) is 0.648. The molecule has 0 spiro atoms. The minimum atomic E-state index is 0.0469. The van der Waals surface area contributed by atoms with Gasteiger partial charge in [0, 0.05) is 32.7 Å². The van der Waals surface area contributed by atoms with Crippen LogP contribution in [-0.4, -0.2) is 35.9 Å². The molecular formula is C14H18N2O3. The van der Waals surface area contributed by atoms with Gasteiger partial charge < -0.3 is 9.47 Å². The number of carbonyl (C=O) groups excluding carboxylic acids is 1. The molecule has 19 heavy (non-hydrogen) atoms. The number of fused-ring (bicyclic) bond motifs is 1. The number of hydrogen-bond donors (Lipinski definition) is 0. The number of aryl methyl sites for hydroxylation is 1. The zero-order valence-corrected chi connectivity index (χ0v) is 11.5. The molecule has 5 nitrogen and oxygen atoms in total. The first-order valence-electron chi connectivity index (χ1n) is 6.23. The number of ketones is 1. The Hall–Kier alpha value is -1.88. The van der Waals surface area contributed by atoms with Gasteiger partial charge in [-0.15, -0.1) is 5.10 Å². The van der Waals surface area contributed by atoms with E-state index in [1.807, 2.05) is 19.2 Å². The molecule has 2 rings (SSSR count). The topological polar surface area (TPSA) is 53.4 Å². The van der Waals surface area contributed by atoms with Gasteiger partial charge in [-0.1, -0.05) is 6.07 Å². The molecule has 0 saturated carbocycles. The summed E-state index contributed by atoms with van der Waals surface area (Å²) in [7, 11) is 3.51. The maximum Gasteiger partial charge on any atom is 0.240 e. The molecule has 0 unspecified atom stereocenters. The highest BCUT2D eigenvalue weighted by Gasteiger charge is 2.11. The number of carbonyl (C=O) groups is 1. The number of ether oxygens (including phenoxy) is 2. The van der Waals surface area contributed by atoms with E-state index in [1.165, 1.54) is 0 Å². The van der Waals surface area contributed by atoms with Crippen molar-refractivity contribution in [2.45, 2.75) is 13.3 Å². The van der Waals surface area contributed by atoms with E-state index in [4.69, 9.17) is 9.47 Å². The molecule has 0 amide bonds. The fourth-order valence-electron chi connectivity index (χ4n) is 1.92. The highest BCUT2D eigenvalue weighted by Crippen LogP contribution is 2.25. The van der Waals surface area contributed by atoms with Crippen molar-refractivity contribution < 1.29 is 14.3 Å². The van der Waals surface area contributed by atoms with E-state index in [-0.39, 0.29) is 5.78 Å². The fourth-order valence-corrected chi connectivity index (χ4v) is 1.92. The van der Waals surface area contributed by atoms with E-state index >= 15 is 0 Å². The molecule has 0 aliphatic rings. The van der Waals surface area contributed by atoms with Crippen LogP contribution in [0.5, 0.6) is 5.88 Å². The fraction of sp³-hybridized carbons (Fsp3) is 0.429. The van der Waals surface area contributed by atoms with Gasteiger partial charge in [0.05, 0.1) is 17.5 Å². The van der Waals surface area contributed by atoms with Crippen molar-refractivity contribution in [1.29, 1.82) is 0 Å².